The molecule has 0 spiro atoms. The van der Waals surface area contributed by atoms with E-state index in [1.54, 1.807) is 9.80 Å². The van der Waals surface area contributed by atoms with Gasteiger partial charge < -0.3 is 24.8 Å². The predicted molar refractivity (Wildman–Crippen MR) is 145 cm³/mol. The summed E-state index contributed by atoms with van der Waals surface area (Å²) in [5.74, 6) is -1.23. The normalized spacial score (nSPS) is 23.7. The van der Waals surface area contributed by atoms with E-state index in [1.165, 1.54) is 24.1 Å². The molecule has 15 heteroatoms. The first-order valence-electron chi connectivity index (χ1n) is 13.3. The third kappa shape index (κ3) is 5.64. The van der Waals surface area contributed by atoms with Crippen LogP contribution in [0.25, 0.3) is 10.1 Å². The highest BCUT2D eigenvalue weighted by Crippen LogP contribution is 2.48. The molecule has 4 atom stereocenters. The van der Waals surface area contributed by atoms with Gasteiger partial charge in [0.15, 0.2) is 0 Å². The molecule has 41 heavy (non-hydrogen) atoms. The number of benzene rings is 1. The lowest BCUT2D eigenvalue weighted by molar-refractivity contribution is -0.147. The quantitative estimate of drug-likeness (QED) is 0.496. The molecule has 3 aliphatic heterocycles. The lowest BCUT2D eigenvalue weighted by Crippen LogP contribution is -2.61. The Labute approximate surface area is 239 Å². The van der Waals surface area contributed by atoms with E-state index in [0.717, 1.165) is 36.3 Å². The first-order valence-corrected chi connectivity index (χ1v) is 15.4. The first-order chi connectivity index (χ1) is 19.5. The number of amides is 4. The van der Waals surface area contributed by atoms with E-state index in [0.29, 0.717) is 37.1 Å². The van der Waals surface area contributed by atoms with Crippen LogP contribution in [0.5, 0.6) is 0 Å². The fourth-order valence-electron chi connectivity index (χ4n) is 5.85. The van der Waals surface area contributed by atoms with Gasteiger partial charge in [-0.1, -0.05) is 0 Å². The maximum atomic E-state index is 14.1. The van der Waals surface area contributed by atoms with E-state index in [2.05, 4.69) is 5.32 Å². The lowest BCUT2D eigenvalue weighted by Gasteiger charge is -2.38. The highest BCUT2D eigenvalue weighted by molar-refractivity contribution is 7.39. The van der Waals surface area contributed by atoms with Gasteiger partial charge in [0.1, 0.15) is 12.1 Å². The molecule has 2 aromatic rings. The molecule has 11 nitrogen and oxygen atoms in total. The minimum atomic E-state index is -3.95. The molecular weight excluding hydrogens is 581 g/mol. The second-order valence-corrected chi connectivity index (χ2v) is 12.6. The Morgan fingerprint density at radius 2 is 1.83 bits per heavy atom. The van der Waals surface area contributed by atoms with E-state index in [-0.39, 0.29) is 35.3 Å². The molecule has 220 valence electrons. The number of methoxy groups -OCH3 is 1. The van der Waals surface area contributed by atoms with Crippen molar-refractivity contribution in [1.29, 1.82) is 0 Å². The number of hydrogen-bond acceptors (Lipinski definition) is 7. The number of carbonyl (C=O) groups excluding carboxylic acids is 4. The van der Waals surface area contributed by atoms with Crippen LogP contribution in [0.1, 0.15) is 47.3 Å². The molecule has 2 N–H and O–H groups in total. The number of fused-ring (bicyclic) bond motifs is 2. The first kappa shape index (κ1) is 29.3. The second-order valence-electron chi connectivity index (χ2n) is 10.4. The zero-order valence-electron chi connectivity index (χ0n) is 22.3. The van der Waals surface area contributed by atoms with E-state index in [9.17, 15) is 32.5 Å². The maximum absolute atomic E-state index is 14.1. The van der Waals surface area contributed by atoms with Gasteiger partial charge >= 0.3 is 19.8 Å². The Morgan fingerprint density at radius 3 is 2.51 bits per heavy atom. The van der Waals surface area contributed by atoms with E-state index in [4.69, 9.17) is 9.63 Å². The minimum absolute atomic E-state index is 0.101. The van der Waals surface area contributed by atoms with Crippen molar-refractivity contribution in [3.05, 3.63) is 34.7 Å². The molecule has 0 saturated carbocycles. The number of carbonyl (C=O) groups is 4. The summed E-state index contributed by atoms with van der Waals surface area (Å²) in [4.78, 5) is 66.9. The van der Waals surface area contributed by atoms with Gasteiger partial charge in [-0.25, -0.2) is 4.79 Å². The standard InChI is InChI=1S/C26H29F2N4O7PS/c1-39-25(36)31-11-8-17-5-6-19(24(35)30-9-2-3-10-30)32(17)23(34)18(14-31)29-22(33)21-13-15-12-16(4-7-20(15)41-21)26(27,28)40(37)38/h4,7,12-13,17-19H,2-3,5-6,8-11,14H2,1H3,(H-,29,33,37,38)/p+1/t17-,18+,19+/m1/s1. The van der Waals surface area contributed by atoms with Gasteiger partial charge in [-0.3, -0.25) is 14.4 Å². The summed E-state index contributed by atoms with van der Waals surface area (Å²) in [5.41, 5.74) is -4.61. The van der Waals surface area contributed by atoms with Crippen LogP contribution in [0, 0.1) is 0 Å². The number of likely N-dealkylation sites (tertiary alicyclic amines) is 1. The topological polar surface area (TPSA) is 137 Å². The number of rotatable bonds is 5. The van der Waals surface area contributed by atoms with E-state index in [1.807, 2.05) is 0 Å². The number of ether oxygens (including phenoxy) is 1. The maximum Gasteiger partial charge on any atom is 0.589 e. The van der Waals surface area contributed by atoms with Crippen LogP contribution in [-0.2, 0) is 24.6 Å². The molecule has 4 heterocycles. The van der Waals surface area contributed by atoms with Gasteiger partial charge in [0, 0.05) is 30.4 Å². The lowest BCUT2D eigenvalue weighted by atomic mass is 10.1. The van der Waals surface area contributed by atoms with Crippen molar-refractivity contribution in [1.82, 2.24) is 20.0 Å². The second kappa shape index (κ2) is 11.6. The molecule has 0 radical (unpaired) electrons. The van der Waals surface area contributed by atoms with Crippen LogP contribution >= 0.6 is 19.4 Å². The predicted octanol–water partition coefficient (Wildman–Crippen LogP) is 3.24. The monoisotopic (exact) mass is 611 g/mol. The Balaban J connectivity index is 1.41. The molecule has 1 aromatic heterocycles. The number of hydrogen-bond donors (Lipinski definition) is 2. The number of thiophene rings is 1. The van der Waals surface area contributed by atoms with Crippen molar-refractivity contribution in [2.75, 3.05) is 33.3 Å². The summed E-state index contributed by atoms with van der Waals surface area (Å²) in [6, 6.07) is 2.67. The molecular formula is C26H30F2N4O7PS+. The fraction of sp³-hybridized carbons (Fsp3) is 0.538. The van der Waals surface area contributed by atoms with Gasteiger partial charge in [0.2, 0.25) is 11.8 Å². The molecule has 3 saturated heterocycles. The van der Waals surface area contributed by atoms with Crippen LogP contribution in [-0.4, -0.2) is 94.8 Å². The van der Waals surface area contributed by atoms with Crippen LogP contribution in [0.4, 0.5) is 13.6 Å². The average Bonchev–Trinajstić information content (AvgIpc) is 3.71. The van der Waals surface area contributed by atoms with Gasteiger partial charge in [0.05, 0.1) is 24.1 Å². The number of nitrogens with one attached hydrogen (secondary N) is 1. The fourth-order valence-corrected chi connectivity index (χ4v) is 7.16. The molecule has 3 fully saturated rings. The third-order valence-electron chi connectivity index (χ3n) is 7.96. The Bertz CT molecular complexity index is 1400. The number of halogens is 2. The van der Waals surface area contributed by atoms with Crippen LogP contribution in [0.3, 0.4) is 0 Å². The van der Waals surface area contributed by atoms with Crippen molar-refractivity contribution < 1.29 is 42.2 Å². The summed E-state index contributed by atoms with van der Waals surface area (Å²) < 4.78 is 44.7. The SMILES string of the molecule is COC(=O)N1CC[C@H]2CC[C@@H](C(=O)N3CCCC3)N2C(=O)[C@@H](NC(=O)c2cc3cc(C(F)(F)[P+](=O)O)ccc3s2)C1. The molecule has 5 rings (SSSR count). The summed E-state index contributed by atoms with van der Waals surface area (Å²) in [6.45, 7) is 1.39. The van der Waals surface area contributed by atoms with Crippen molar-refractivity contribution in [2.24, 2.45) is 0 Å². The molecule has 0 aliphatic carbocycles. The van der Waals surface area contributed by atoms with Gasteiger partial charge in [-0.05, 0) is 66.3 Å². The van der Waals surface area contributed by atoms with Crippen molar-refractivity contribution >= 4 is 53.3 Å². The van der Waals surface area contributed by atoms with Gasteiger partial charge in [-0.2, -0.15) is 4.89 Å². The molecule has 1 unspecified atom stereocenters. The Hall–Kier alpha value is -3.22. The Kier molecular flexibility index (Phi) is 8.27. The molecule has 0 bridgehead atoms. The van der Waals surface area contributed by atoms with Crippen molar-refractivity contribution in [3.8, 4) is 0 Å². The van der Waals surface area contributed by atoms with Crippen molar-refractivity contribution in [2.45, 2.75) is 55.9 Å². The zero-order chi connectivity index (χ0) is 29.5. The Morgan fingerprint density at radius 1 is 1.10 bits per heavy atom. The zero-order valence-corrected chi connectivity index (χ0v) is 24.0. The van der Waals surface area contributed by atoms with Crippen LogP contribution in [0.15, 0.2) is 24.3 Å². The van der Waals surface area contributed by atoms with Crippen molar-refractivity contribution in [3.63, 3.8) is 0 Å². The van der Waals surface area contributed by atoms with E-state index >= 15 is 0 Å². The highest BCUT2D eigenvalue weighted by atomic mass is 32.1. The van der Waals surface area contributed by atoms with Crippen LogP contribution in [0.2, 0.25) is 0 Å². The molecule has 3 aliphatic rings. The number of nitrogens with zero attached hydrogens (tertiary/aromatic N) is 3. The largest absolute Gasteiger partial charge is 0.589 e. The van der Waals surface area contributed by atoms with Crippen LogP contribution < -0.4 is 5.32 Å². The van der Waals surface area contributed by atoms with Gasteiger partial charge in [0.25, 0.3) is 5.91 Å². The average molecular weight is 612 g/mol. The third-order valence-corrected chi connectivity index (χ3v) is 9.81. The van der Waals surface area contributed by atoms with E-state index < -0.39 is 49.2 Å². The summed E-state index contributed by atoms with van der Waals surface area (Å²) in [6.07, 6.45) is 2.73. The van der Waals surface area contributed by atoms with Gasteiger partial charge in [-0.15, -0.1) is 20.1 Å². The molecule has 1 aromatic carbocycles. The summed E-state index contributed by atoms with van der Waals surface area (Å²) >= 11 is 1.00. The molecule has 4 amide bonds. The number of alkyl halides is 2. The highest BCUT2D eigenvalue weighted by Gasteiger charge is 2.53. The summed E-state index contributed by atoms with van der Waals surface area (Å²) in [5, 5.41) is 2.97. The summed E-state index contributed by atoms with van der Waals surface area (Å²) in [7, 11) is -2.57. The smallest absolute Gasteiger partial charge is 0.453 e. The minimum Gasteiger partial charge on any atom is -0.453 e.